The molecule has 0 unspecified atom stereocenters. The van der Waals surface area contributed by atoms with Crippen molar-refractivity contribution >= 4 is 34.8 Å². The zero-order valence-electron chi connectivity index (χ0n) is 13.2. The van der Waals surface area contributed by atoms with Crippen LogP contribution in [0.1, 0.15) is 29.8 Å². The van der Waals surface area contributed by atoms with E-state index in [0.717, 1.165) is 11.3 Å². The number of amides is 1. The first-order valence-electron chi connectivity index (χ1n) is 7.52. The van der Waals surface area contributed by atoms with Crippen LogP contribution in [0.3, 0.4) is 0 Å². The van der Waals surface area contributed by atoms with Crippen molar-refractivity contribution in [3.63, 3.8) is 0 Å². The highest BCUT2D eigenvalue weighted by atomic mass is 35.5. The van der Waals surface area contributed by atoms with E-state index in [1.54, 1.807) is 18.2 Å². The highest BCUT2D eigenvalue weighted by molar-refractivity contribution is 6.35. The Bertz CT molecular complexity index is 686. The average molecular weight is 351 g/mol. The molecule has 0 bridgehead atoms. The van der Waals surface area contributed by atoms with Crippen LogP contribution in [0.25, 0.3) is 0 Å². The maximum atomic E-state index is 12.1. The molecule has 2 aromatic rings. The molecule has 0 spiro atoms. The molecule has 5 heteroatoms. The third-order valence-corrected chi connectivity index (χ3v) is 3.88. The molecule has 23 heavy (non-hydrogen) atoms. The van der Waals surface area contributed by atoms with E-state index >= 15 is 0 Å². The Balaban J connectivity index is 2.01. The third kappa shape index (κ3) is 5.45. The van der Waals surface area contributed by atoms with E-state index in [-0.39, 0.29) is 5.91 Å². The summed E-state index contributed by atoms with van der Waals surface area (Å²) in [6, 6.07) is 12.8. The van der Waals surface area contributed by atoms with Gasteiger partial charge in [0, 0.05) is 34.4 Å². The summed E-state index contributed by atoms with van der Waals surface area (Å²) in [4.78, 5) is 12.1. The van der Waals surface area contributed by atoms with E-state index < -0.39 is 0 Å². The number of carbonyl (C=O) groups excluding carboxylic acids is 1. The molecule has 0 radical (unpaired) electrons. The van der Waals surface area contributed by atoms with E-state index in [1.165, 1.54) is 0 Å². The first-order chi connectivity index (χ1) is 11.0. The monoisotopic (exact) mass is 350 g/mol. The smallest absolute Gasteiger partial charge is 0.251 e. The second-order valence-corrected chi connectivity index (χ2v) is 6.62. The van der Waals surface area contributed by atoms with E-state index in [2.05, 4.69) is 24.5 Å². The molecule has 122 valence electrons. The SMILES string of the molecule is CC(C)CNC(=O)c1cccc(NCc2ccc(Cl)cc2Cl)c1. The number of hydrogen-bond donors (Lipinski definition) is 2. The van der Waals surface area contributed by atoms with Gasteiger partial charge in [-0.15, -0.1) is 0 Å². The van der Waals surface area contributed by atoms with Crippen LogP contribution in [0.5, 0.6) is 0 Å². The standard InChI is InChI=1S/C18H20Cl2N2O/c1-12(2)10-22-18(23)13-4-3-5-16(8-13)21-11-14-6-7-15(19)9-17(14)20/h3-9,12,21H,10-11H2,1-2H3,(H,22,23). The Labute approximate surface area is 147 Å². The Morgan fingerprint density at radius 3 is 2.61 bits per heavy atom. The van der Waals surface area contributed by atoms with Gasteiger partial charge in [0.2, 0.25) is 0 Å². The molecule has 0 aliphatic rings. The molecule has 0 saturated carbocycles. The predicted molar refractivity (Wildman–Crippen MR) is 97.4 cm³/mol. The molecule has 0 heterocycles. The first-order valence-corrected chi connectivity index (χ1v) is 8.27. The molecule has 0 aromatic heterocycles. The van der Waals surface area contributed by atoms with Crippen LogP contribution in [0, 0.1) is 5.92 Å². The molecular formula is C18H20Cl2N2O. The van der Waals surface area contributed by atoms with Gasteiger partial charge in [0.1, 0.15) is 0 Å². The molecule has 1 amide bonds. The van der Waals surface area contributed by atoms with E-state index in [4.69, 9.17) is 23.2 Å². The number of nitrogens with one attached hydrogen (secondary N) is 2. The first kappa shape index (κ1) is 17.6. The van der Waals surface area contributed by atoms with Crippen LogP contribution in [0.4, 0.5) is 5.69 Å². The van der Waals surface area contributed by atoms with Gasteiger partial charge < -0.3 is 10.6 Å². The molecule has 2 N–H and O–H groups in total. The van der Waals surface area contributed by atoms with Crippen LogP contribution in [0.15, 0.2) is 42.5 Å². The number of halogens is 2. The second kappa shape index (κ2) is 8.23. The minimum absolute atomic E-state index is 0.0631. The Hall–Kier alpha value is -1.71. The number of rotatable bonds is 6. The lowest BCUT2D eigenvalue weighted by atomic mass is 10.1. The van der Waals surface area contributed by atoms with Gasteiger partial charge in [0.05, 0.1) is 0 Å². The van der Waals surface area contributed by atoms with Crippen molar-refractivity contribution in [2.24, 2.45) is 5.92 Å². The summed E-state index contributed by atoms with van der Waals surface area (Å²) in [5, 5.41) is 7.42. The van der Waals surface area contributed by atoms with Crippen molar-refractivity contribution in [1.29, 1.82) is 0 Å². The number of carbonyl (C=O) groups is 1. The quantitative estimate of drug-likeness (QED) is 0.770. The molecule has 0 aliphatic heterocycles. The maximum absolute atomic E-state index is 12.1. The number of hydrogen-bond acceptors (Lipinski definition) is 2. The van der Waals surface area contributed by atoms with Gasteiger partial charge in [-0.05, 0) is 41.8 Å². The zero-order chi connectivity index (χ0) is 16.8. The summed E-state index contributed by atoms with van der Waals surface area (Å²) in [7, 11) is 0. The molecule has 0 fully saturated rings. The predicted octanol–water partition coefficient (Wildman–Crippen LogP) is 4.99. The summed E-state index contributed by atoms with van der Waals surface area (Å²) in [5.41, 5.74) is 2.46. The van der Waals surface area contributed by atoms with Crippen molar-refractivity contribution in [1.82, 2.24) is 5.32 Å². The van der Waals surface area contributed by atoms with Gasteiger partial charge in [-0.2, -0.15) is 0 Å². The molecule has 0 atom stereocenters. The fourth-order valence-electron chi connectivity index (χ4n) is 2.03. The molecule has 2 rings (SSSR count). The zero-order valence-corrected chi connectivity index (χ0v) is 14.7. The fourth-order valence-corrected chi connectivity index (χ4v) is 2.51. The Kier molecular flexibility index (Phi) is 6.31. The maximum Gasteiger partial charge on any atom is 0.251 e. The number of anilines is 1. The minimum atomic E-state index is -0.0631. The second-order valence-electron chi connectivity index (χ2n) is 5.77. The molecule has 0 saturated heterocycles. The van der Waals surface area contributed by atoms with Crippen LogP contribution >= 0.6 is 23.2 Å². The summed E-state index contributed by atoms with van der Waals surface area (Å²) < 4.78 is 0. The summed E-state index contributed by atoms with van der Waals surface area (Å²) in [6.45, 7) is 5.35. The molecule has 2 aromatic carbocycles. The normalized spacial score (nSPS) is 10.7. The van der Waals surface area contributed by atoms with Crippen molar-refractivity contribution in [3.05, 3.63) is 63.6 Å². The van der Waals surface area contributed by atoms with E-state index in [9.17, 15) is 4.79 Å². The Morgan fingerprint density at radius 2 is 1.91 bits per heavy atom. The van der Waals surface area contributed by atoms with Gasteiger partial charge >= 0.3 is 0 Å². The average Bonchev–Trinajstić information content (AvgIpc) is 2.52. The lowest BCUT2D eigenvalue weighted by Gasteiger charge is -2.11. The van der Waals surface area contributed by atoms with E-state index in [0.29, 0.717) is 34.6 Å². The van der Waals surface area contributed by atoms with E-state index in [1.807, 2.05) is 24.3 Å². The van der Waals surface area contributed by atoms with Gasteiger partial charge in [0.15, 0.2) is 0 Å². The highest BCUT2D eigenvalue weighted by Gasteiger charge is 2.07. The van der Waals surface area contributed by atoms with Crippen molar-refractivity contribution < 1.29 is 4.79 Å². The van der Waals surface area contributed by atoms with Gasteiger partial charge in [-0.25, -0.2) is 0 Å². The summed E-state index contributed by atoms with van der Waals surface area (Å²) >= 11 is 12.1. The highest BCUT2D eigenvalue weighted by Crippen LogP contribution is 2.22. The molecule has 3 nitrogen and oxygen atoms in total. The van der Waals surface area contributed by atoms with Gasteiger partial charge in [-0.1, -0.05) is 49.2 Å². The lowest BCUT2D eigenvalue weighted by molar-refractivity contribution is 0.0949. The largest absolute Gasteiger partial charge is 0.381 e. The lowest BCUT2D eigenvalue weighted by Crippen LogP contribution is -2.27. The number of benzene rings is 2. The summed E-state index contributed by atoms with van der Waals surface area (Å²) in [6.07, 6.45) is 0. The van der Waals surface area contributed by atoms with Crippen molar-refractivity contribution in [2.45, 2.75) is 20.4 Å². The van der Waals surface area contributed by atoms with Crippen LogP contribution in [-0.2, 0) is 6.54 Å². The third-order valence-electron chi connectivity index (χ3n) is 3.29. The topological polar surface area (TPSA) is 41.1 Å². The van der Waals surface area contributed by atoms with Gasteiger partial charge in [0.25, 0.3) is 5.91 Å². The van der Waals surface area contributed by atoms with Crippen LogP contribution in [0.2, 0.25) is 10.0 Å². The Morgan fingerprint density at radius 1 is 1.13 bits per heavy atom. The molecular weight excluding hydrogens is 331 g/mol. The molecule has 0 aliphatic carbocycles. The summed E-state index contributed by atoms with van der Waals surface area (Å²) in [5.74, 6) is 0.360. The minimum Gasteiger partial charge on any atom is -0.381 e. The van der Waals surface area contributed by atoms with Crippen molar-refractivity contribution in [2.75, 3.05) is 11.9 Å². The fraction of sp³-hybridized carbons (Fsp3) is 0.278. The van der Waals surface area contributed by atoms with Gasteiger partial charge in [-0.3, -0.25) is 4.79 Å². The van der Waals surface area contributed by atoms with Crippen LogP contribution < -0.4 is 10.6 Å². The van der Waals surface area contributed by atoms with Crippen molar-refractivity contribution in [3.8, 4) is 0 Å². The van der Waals surface area contributed by atoms with Crippen LogP contribution in [-0.4, -0.2) is 12.5 Å².